The van der Waals surface area contributed by atoms with Crippen molar-refractivity contribution in [1.29, 1.82) is 0 Å². The van der Waals surface area contributed by atoms with Crippen molar-refractivity contribution in [2.45, 2.75) is 33.7 Å². The van der Waals surface area contributed by atoms with E-state index in [-0.39, 0.29) is 0 Å². The molecule has 0 saturated heterocycles. The molecule has 5 rings (SSSR count). The SMILES string of the molecule is CCN1C(=CC=C2CCn3c2[n+](C)c2cccc(C(=O)O)c23)Oc2cc(C)c(C)cc21. The van der Waals surface area contributed by atoms with Crippen molar-refractivity contribution >= 4 is 28.3 Å². The molecule has 0 saturated carbocycles. The molecule has 1 N–H and O–H groups in total. The number of ether oxygens (including phenoxy) is 1. The van der Waals surface area contributed by atoms with Gasteiger partial charge in [0, 0.05) is 18.5 Å². The largest absolute Gasteiger partial charge is 0.478 e. The number of allylic oxidation sites excluding steroid dienone is 3. The van der Waals surface area contributed by atoms with E-state index in [2.05, 4.69) is 53.0 Å². The molecular formula is C25H26N3O3+. The van der Waals surface area contributed by atoms with Crippen molar-refractivity contribution in [2.75, 3.05) is 11.4 Å². The summed E-state index contributed by atoms with van der Waals surface area (Å²) in [6.45, 7) is 7.93. The lowest BCUT2D eigenvalue weighted by molar-refractivity contribution is -0.647. The highest BCUT2D eigenvalue weighted by atomic mass is 16.5. The van der Waals surface area contributed by atoms with Crippen molar-refractivity contribution in [3.8, 4) is 5.75 Å². The first-order valence-corrected chi connectivity index (χ1v) is 10.6. The second kappa shape index (κ2) is 7.01. The van der Waals surface area contributed by atoms with E-state index in [0.29, 0.717) is 5.56 Å². The highest BCUT2D eigenvalue weighted by Gasteiger charge is 2.34. The molecule has 0 aliphatic carbocycles. The molecule has 2 aliphatic rings. The Labute approximate surface area is 181 Å². The predicted molar refractivity (Wildman–Crippen MR) is 120 cm³/mol. The summed E-state index contributed by atoms with van der Waals surface area (Å²) >= 11 is 0. The van der Waals surface area contributed by atoms with Crippen molar-refractivity contribution in [1.82, 2.24) is 4.57 Å². The number of benzene rings is 2. The van der Waals surface area contributed by atoms with Crippen LogP contribution in [0.2, 0.25) is 0 Å². The van der Waals surface area contributed by atoms with Crippen LogP contribution < -0.4 is 14.2 Å². The monoisotopic (exact) mass is 416 g/mol. The molecule has 31 heavy (non-hydrogen) atoms. The number of aryl methyl sites for hydroxylation is 4. The topological polar surface area (TPSA) is 58.6 Å². The second-order valence-corrected chi connectivity index (χ2v) is 8.21. The highest BCUT2D eigenvalue weighted by molar-refractivity contribution is 6.01. The summed E-state index contributed by atoms with van der Waals surface area (Å²) in [5.74, 6) is 1.86. The van der Waals surface area contributed by atoms with Crippen molar-refractivity contribution in [2.24, 2.45) is 7.05 Å². The zero-order chi connectivity index (χ0) is 21.9. The van der Waals surface area contributed by atoms with E-state index in [4.69, 9.17) is 4.74 Å². The maximum absolute atomic E-state index is 11.8. The van der Waals surface area contributed by atoms with Crippen molar-refractivity contribution < 1.29 is 19.2 Å². The molecule has 2 aromatic carbocycles. The number of hydrogen-bond donors (Lipinski definition) is 1. The standard InChI is InChI=1S/C25H25N3O3/c1-5-27-20-13-15(2)16(3)14-21(20)31-22(27)10-9-17-11-12-28-23-18(25(29)30)7-6-8-19(23)26(4)24(17)28/h6-10,13-14H,5,11-12H2,1-4H3/p+1. The summed E-state index contributed by atoms with van der Waals surface area (Å²) in [5, 5.41) is 9.65. The average molecular weight is 417 g/mol. The van der Waals surface area contributed by atoms with E-state index < -0.39 is 5.97 Å². The molecule has 1 aromatic heterocycles. The van der Waals surface area contributed by atoms with Crippen molar-refractivity contribution in [3.63, 3.8) is 0 Å². The van der Waals surface area contributed by atoms with Gasteiger partial charge in [-0.05, 0) is 68.3 Å². The fraction of sp³-hybridized carbons (Fsp3) is 0.280. The number of fused-ring (bicyclic) bond motifs is 4. The van der Waals surface area contributed by atoms with Gasteiger partial charge in [-0.3, -0.25) is 0 Å². The van der Waals surface area contributed by atoms with Crippen LogP contribution in [0.3, 0.4) is 0 Å². The molecule has 3 aromatic rings. The first-order chi connectivity index (χ1) is 14.9. The molecule has 0 amide bonds. The minimum absolute atomic E-state index is 0.344. The summed E-state index contributed by atoms with van der Waals surface area (Å²) < 4.78 is 10.4. The van der Waals surface area contributed by atoms with Gasteiger partial charge in [0.1, 0.15) is 5.56 Å². The first-order valence-electron chi connectivity index (χ1n) is 10.6. The number of carboxylic acid groups (broad SMARTS) is 1. The van der Waals surface area contributed by atoms with Gasteiger partial charge in [0.25, 0.3) is 5.82 Å². The Bertz CT molecular complexity index is 1310. The smallest absolute Gasteiger partial charge is 0.340 e. The Morgan fingerprint density at radius 1 is 1.23 bits per heavy atom. The molecule has 0 atom stereocenters. The van der Waals surface area contributed by atoms with Crippen LogP contribution in [0.1, 0.15) is 40.7 Å². The van der Waals surface area contributed by atoms with E-state index in [1.807, 2.05) is 19.2 Å². The molecule has 0 radical (unpaired) electrons. The summed E-state index contributed by atoms with van der Waals surface area (Å²) in [6, 6.07) is 9.74. The van der Waals surface area contributed by atoms with Crippen LogP contribution in [0.15, 0.2) is 48.4 Å². The summed E-state index contributed by atoms with van der Waals surface area (Å²) in [7, 11) is 2.00. The number of carboxylic acids is 1. The number of aromatic carboxylic acids is 1. The zero-order valence-corrected chi connectivity index (χ0v) is 18.3. The van der Waals surface area contributed by atoms with Gasteiger partial charge < -0.3 is 14.7 Å². The lowest BCUT2D eigenvalue weighted by Crippen LogP contribution is -2.31. The van der Waals surface area contributed by atoms with Crippen LogP contribution in [0.4, 0.5) is 5.69 Å². The second-order valence-electron chi connectivity index (χ2n) is 8.21. The Morgan fingerprint density at radius 3 is 2.74 bits per heavy atom. The number of nitrogens with zero attached hydrogens (tertiary/aromatic N) is 3. The van der Waals surface area contributed by atoms with Crippen LogP contribution >= 0.6 is 0 Å². The van der Waals surface area contributed by atoms with Crippen LogP contribution in [-0.2, 0) is 13.6 Å². The molecule has 2 aliphatic heterocycles. The molecule has 0 unspecified atom stereocenters. The molecule has 6 heteroatoms. The lowest BCUT2D eigenvalue weighted by atomic mass is 10.1. The molecule has 0 fully saturated rings. The van der Waals surface area contributed by atoms with Gasteiger partial charge in [0.2, 0.25) is 5.88 Å². The summed E-state index contributed by atoms with van der Waals surface area (Å²) in [5.41, 5.74) is 6.81. The maximum Gasteiger partial charge on any atom is 0.340 e. The zero-order valence-electron chi connectivity index (χ0n) is 18.3. The summed E-state index contributed by atoms with van der Waals surface area (Å²) in [4.78, 5) is 13.9. The molecule has 158 valence electrons. The number of aromatic nitrogens is 2. The van der Waals surface area contributed by atoms with Gasteiger partial charge in [-0.2, -0.15) is 0 Å². The number of carbonyl (C=O) groups is 1. The first kappa shape index (κ1) is 19.4. The molecule has 0 bridgehead atoms. The molecular weight excluding hydrogens is 390 g/mol. The average Bonchev–Trinajstić information content (AvgIpc) is 3.39. The third kappa shape index (κ3) is 2.86. The van der Waals surface area contributed by atoms with Crippen LogP contribution in [0, 0.1) is 13.8 Å². The lowest BCUT2D eigenvalue weighted by Gasteiger charge is -2.15. The van der Waals surface area contributed by atoms with Gasteiger partial charge in [-0.25, -0.2) is 13.9 Å². The van der Waals surface area contributed by atoms with E-state index >= 15 is 0 Å². The summed E-state index contributed by atoms with van der Waals surface area (Å²) in [6.07, 6.45) is 5.00. The van der Waals surface area contributed by atoms with E-state index in [1.165, 1.54) is 16.7 Å². The third-order valence-corrected chi connectivity index (χ3v) is 6.43. The Morgan fingerprint density at radius 2 is 2.00 bits per heavy atom. The fourth-order valence-electron chi connectivity index (χ4n) is 4.74. The van der Waals surface area contributed by atoms with E-state index in [1.54, 1.807) is 12.1 Å². The van der Waals surface area contributed by atoms with Gasteiger partial charge >= 0.3 is 5.97 Å². The Balaban J connectivity index is 1.58. The van der Waals surface area contributed by atoms with Crippen LogP contribution in [0.5, 0.6) is 5.75 Å². The number of imidazole rings is 1. The van der Waals surface area contributed by atoms with Crippen LogP contribution in [-0.4, -0.2) is 22.2 Å². The van der Waals surface area contributed by atoms with Crippen molar-refractivity contribution in [3.05, 3.63) is 70.9 Å². The molecule has 0 spiro atoms. The number of anilines is 1. The highest BCUT2D eigenvalue weighted by Crippen LogP contribution is 2.41. The van der Waals surface area contributed by atoms with Gasteiger partial charge in [0.05, 0.1) is 19.3 Å². The predicted octanol–water partition coefficient (Wildman–Crippen LogP) is 4.33. The van der Waals surface area contributed by atoms with Crippen LogP contribution in [0.25, 0.3) is 16.6 Å². The van der Waals surface area contributed by atoms with Gasteiger partial charge in [0.15, 0.2) is 16.8 Å². The minimum Gasteiger partial charge on any atom is -0.478 e. The minimum atomic E-state index is -0.896. The number of para-hydroxylation sites is 1. The Kier molecular flexibility index (Phi) is 4.39. The van der Waals surface area contributed by atoms with E-state index in [0.717, 1.165) is 53.7 Å². The van der Waals surface area contributed by atoms with Gasteiger partial charge in [-0.1, -0.05) is 6.07 Å². The maximum atomic E-state index is 11.8. The number of rotatable bonds is 3. The third-order valence-electron chi connectivity index (χ3n) is 6.43. The molecule has 3 heterocycles. The molecule has 6 nitrogen and oxygen atoms in total. The normalized spacial score (nSPS) is 17.5. The quantitative estimate of drug-likeness (QED) is 0.646. The van der Waals surface area contributed by atoms with E-state index in [9.17, 15) is 9.90 Å². The number of hydrogen-bond acceptors (Lipinski definition) is 3. The van der Waals surface area contributed by atoms with Gasteiger partial charge in [-0.15, -0.1) is 0 Å². The Hall–Kier alpha value is -3.54. The fourth-order valence-corrected chi connectivity index (χ4v) is 4.74.